The lowest BCUT2D eigenvalue weighted by Crippen LogP contribution is -2.38. The van der Waals surface area contributed by atoms with Gasteiger partial charge in [-0.2, -0.15) is 0 Å². The predicted molar refractivity (Wildman–Crippen MR) is 81.1 cm³/mol. The largest absolute Gasteiger partial charge is 0.354 e. The second kappa shape index (κ2) is 6.56. The molecule has 1 saturated carbocycles. The van der Waals surface area contributed by atoms with Crippen LogP contribution in [0.2, 0.25) is 5.15 Å². The van der Waals surface area contributed by atoms with Gasteiger partial charge in [0.2, 0.25) is 0 Å². The number of hydrogen-bond donors (Lipinski definition) is 0. The summed E-state index contributed by atoms with van der Waals surface area (Å²) < 4.78 is 0. The van der Waals surface area contributed by atoms with Crippen LogP contribution in [0, 0.1) is 6.92 Å². The zero-order chi connectivity index (χ0) is 13.8. The van der Waals surface area contributed by atoms with Crippen LogP contribution < -0.4 is 4.90 Å². The van der Waals surface area contributed by atoms with Crippen LogP contribution in [0.15, 0.2) is 0 Å². The van der Waals surface area contributed by atoms with E-state index in [9.17, 15) is 0 Å². The monoisotopic (exact) mass is 281 g/mol. The van der Waals surface area contributed by atoms with E-state index < -0.39 is 0 Å². The van der Waals surface area contributed by atoms with Crippen LogP contribution in [-0.2, 0) is 6.42 Å². The highest BCUT2D eigenvalue weighted by molar-refractivity contribution is 6.30. The van der Waals surface area contributed by atoms with Crippen molar-refractivity contribution in [1.82, 2.24) is 9.97 Å². The van der Waals surface area contributed by atoms with E-state index in [1.54, 1.807) is 0 Å². The van der Waals surface area contributed by atoms with E-state index >= 15 is 0 Å². The van der Waals surface area contributed by atoms with E-state index in [1.807, 2.05) is 6.92 Å². The van der Waals surface area contributed by atoms with Gasteiger partial charge in [-0.1, -0.05) is 37.8 Å². The molecule has 0 unspecified atom stereocenters. The topological polar surface area (TPSA) is 29.0 Å². The minimum absolute atomic E-state index is 0.608. The maximum absolute atomic E-state index is 6.26. The van der Waals surface area contributed by atoms with Crippen LogP contribution >= 0.6 is 11.6 Å². The van der Waals surface area contributed by atoms with Gasteiger partial charge in [0.1, 0.15) is 16.8 Å². The van der Waals surface area contributed by atoms with Gasteiger partial charge in [0.25, 0.3) is 0 Å². The van der Waals surface area contributed by atoms with Crippen LogP contribution in [-0.4, -0.2) is 22.6 Å². The van der Waals surface area contributed by atoms with Crippen molar-refractivity contribution in [3.05, 3.63) is 16.5 Å². The quantitative estimate of drug-likeness (QED) is 0.776. The highest BCUT2D eigenvalue weighted by Crippen LogP contribution is 2.30. The minimum atomic E-state index is 0.608. The lowest BCUT2D eigenvalue weighted by Gasteiger charge is -2.35. The molecule has 0 radical (unpaired) electrons. The summed E-state index contributed by atoms with van der Waals surface area (Å²) in [5, 5.41) is 0.608. The Kier molecular flexibility index (Phi) is 5.03. The van der Waals surface area contributed by atoms with E-state index in [0.29, 0.717) is 11.2 Å². The minimum Gasteiger partial charge on any atom is -0.354 e. The van der Waals surface area contributed by atoms with Crippen molar-refractivity contribution < 1.29 is 0 Å². The first-order valence-corrected chi connectivity index (χ1v) is 7.84. The molecule has 0 saturated heterocycles. The molecule has 1 aliphatic rings. The van der Waals surface area contributed by atoms with Gasteiger partial charge in [0.15, 0.2) is 0 Å². The molecule has 0 aromatic carbocycles. The molecule has 0 spiro atoms. The van der Waals surface area contributed by atoms with Crippen LogP contribution in [0.4, 0.5) is 5.82 Å². The highest BCUT2D eigenvalue weighted by atomic mass is 35.5. The molecule has 0 N–H and O–H groups in total. The maximum atomic E-state index is 6.26. The second-order valence-electron chi connectivity index (χ2n) is 5.31. The lowest BCUT2D eigenvalue weighted by molar-refractivity contribution is 0.415. The zero-order valence-corrected chi connectivity index (χ0v) is 13.0. The lowest BCUT2D eigenvalue weighted by atomic mass is 9.94. The van der Waals surface area contributed by atoms with Crippen molar-refractivity contribution in [3.63, 3.8) is 0 Å². The van der Waals surface area contributed by atoms with Crippen molar-refractivity contribution in [2.75, 3.05) is 11.4 Å². The Balaban J connectivity index is 2.33. The molecular formula is C15H24ClN3. The summed E-state index contributed by atoms with van der Waals surface area (Å²) >= 11 is 6.26. The Morgan fingerprint density at radius 1 is 1.16 bits per heavy atom. The van der Waals surface area contributed by atoms with Crippen LogP contribution in [0.3, 0.4) is 0 Å². The molecule has 1 aromatic rings. The Morgan fingerprint density at radius 3 is 2.42 bits per heavy atom. The first kappa shape index (κ1) is 14.6. The average Bonchev–Trinajstić information content (AvgIpc) is 2.45. The summed E-state index contributed by atoms with van der Waals surface area (Å²) in [4.78, 5) is 11.5. The molecule has 0 aliphatic heterocycles. The van der Waals surface area contributed by atoms with Crippen molar-refractivity contribution >= 4 is 17.4 Å². The first-order chi connectivity index (χ1) is 9.17. The van der Waals surface area contributed by atoms with Gasteiger partial charge < -0.3 is 4.90 Å². The Bertz CT molecular complexity index is 428. The number of rotatable bonds is 4. The van der Waals surface area contributed by atoms with Gasteiger partial charge in [-0.15, -0.1) is 0 Å². The summed E-state index contributed by atoms with van der Waals surface area (Å²) in [7, 11) is 0. The van der Waals surface area contributed by atoms with Crippen LogP contribution in [0.1, 0.15) is 57.3 Å². The molecule has 106 valence electrons. The van der Waals surface area contributed by atoms with Gasteiger partial charge in [0.05, 0.1) is 0 Å². The second-order valence-corrected chi connectivity index (χ2v) is 5.67. The number of aromatic nitrogens is 2. The third kappa shape index (κ3) is 3.19. The normalized spacial score (nSPS) is 16.6. The molecular weight excluding hydrogens is 258 g/mol. The van der Waals surface area contributed by atoms with E-state index in [1.165, 1.54) is 32.1 Å². The van der Waals surface area contributed by atoms with Crippen molar-refractivity contribution in [1.29, 1.82) is 0 Å². The number of hydrogen-bond acceptors (Lipinski definition) is 3. The number of anilines is 1. The van der Waals surface area contributed by atoms with Gasteiger partial charge in [-0.05, 0) is 26.7 Å². The maximum Gasteiger partial charge on any atom is 0.137 e. The first-order valence-electron chi connectivity index (χ1n) is 7.47. The molecule has 3 nitrogen and oxygen atoms in total. The number of nitrogens with zero attached hydrogens (tertiary/aromatic N) is 3. The zero-order valence-electron chi connectivity index (χ0n) is 12.2. The molecule has 2 rings (SSSR count). The fourth-order valence-corrected chi connectivity index (χ4v) is 3.11. The molecule has 1 aliphatic carbocycles. The third-order valence-electron chi connectivity index (χ3n) is 4.05. The Hall–Kier alpha value is -0.830. The molecule has 19 heavy (non-hydrogen) atoms. The van der Waals surface area contributed by atoms with E-state index in [0.717, 1.165) is 30.2 Å². The fourth-order valence-electron chi connectivity index (χ4n) is 2.93. The Morgan fingerprint density at radius 2 is 1.84 bits per heavy atom. The molecule has 0 atom stereocenters. The summed E-state index contributed by atoms with van der Waals surface area (Å²) in [5.41, 5.74) is 1.02. The van der Waals surface area contributed by atoms with Gasteiger partial charge in [-0.3, -0.25) is 0 Å². The van der Waals surface area contributed by atoms with Crippen molar-refractivity contribution in [2.24, 2.45) is 0 Å². The molecule has 0 bridgehead atoms. The molecule has 4 heteroatoms. The standard InChI is InChI=1S/C15H24ClN3/c1-4-13-17-14(16)11(3)15(18-13)19(5-2)12-9-7-6-8-10-12/h12H,4-10H2,1-3H3. The number of halogens is 1. The molecule has 1 aromatic heterocycles. The van der Waals surface area contributed by atoms with Crippen molar-refractivity contribution in [2.45, 2.75) is 65.3 Å². The van der Waals surface area contributed by atoms with Gasteiger partial charge in [0, 0.05) is 24.6 Å². The summed E-state index contributed by atoms with van der Waals surface area (Å²) in [6.45, 7) is 7.29. The molecule has 1 heterocycles. The Labute approximate surface area is 121 Å². The molecule has 1 fully saturated rings. The van der Waals surface area contributed by atoms with Gasteiger partial charge in [-0.25, -0.2) is 9.97 Å². The summed E-state index contributed by atoms with van der Waals surface area (Å²) in [6.07, 6.45) is 7.42. The van der Waals surface area contributed by atoms with E-state index in [2.05, 4.69) is 23.7 Å². The predicted octanol–water partition coefficient (Wildman–Crippen LogP) is 4.16. The number of aryl methyl sites for hydroxylation is 1. The fraction of sp³-hybridized carbons (Fsp3) is 0.733. The SMILES string of the molecule is CCc1nc(Cl)c(C)c(N(CC)C2CCCCC2)n1. The highest BCUT2D eigenvalue weighted by Gasteiger charge is 2.23. The van der Waals surface area contributed by atoms with E-state index in [4.69, 9.17) is 16.6 Å². The summed E-state index contributed by atoms with van der Waals surface area (Å²) in [6, 6.07) is 0.619. The van der Waals surface area contributed by atoms with Crippen LogP contribution in [0.5, 0.6) is 0 Å². The van der Waals surface area contributed by atoms with Crippen molar-refractivity contribution in [3.8, 4) is 0 Å². The smallest absolute Gasteiger partial charge is 0.137 e. The summed E-state index contributed by atoms with van der Waals surface area (Å²) in [5.74, 6) is 1.89. The molecule has 0 amide bonds. The van der Waals surface area contributed by atoms with Gasteiger partial charge >= 0.3 is 0 Å². The van der Waals surface area contributed by atoms with Crippen LogP contribution in [0.25, 0.3) is 0 Å². The van der Waals surface area contributed by atoms with E-state index in [-0.39, 0.29) is 0 Å². The third-order valence-corrected chi connectivity index (χ3v) is 4.42. The average molecular weight is 282 g/mol.